The van der Waals surface area contributed by atoms with Gasteiger partial charge in [0.1, 0.15) is 0 Å². The van der Waals surface area contributed by atoms with E-state index in [0.29, 0.717) is 11.8 Å². The molecule has 58 valence electrons. The third-order valence-corrected chi connectivity index (χ3v) is 2.35. The Morgan fingerprint density at radius 2 is 2.30 bits per heavy atom. The van der Waals surface area contributed by atoms with Crippen LogP contribution in [0.2, 0.25) is 0 Å². The summed E-state index contributed by atoms with van der Waals surface area (Å²) < 4.78 is 0. The maximum atomic E-state index is 5.25. The third kappa shape index (κ3) is 1.31. The van der Waals surface area contributed by atoms with Crippen molar-refractivity contribution in [2.24, 2.45) is 22.8 Å². The molecule has 1 saturated carbocycles. The van der Waals surface area contributed by atoms with Gasteiger partial charge in [0.05, 0.1) is 0 Å². The summed E-state index contributed by atoms with van der Waals surface area (Å²) in [4.78, 5) is 0. The van der Waals surface area contributed by atoms with E-state index >= 15 is 0 Å². The second kappa shape index (κ2) is 3.04. The Morgan fingerprint density at radius 1 is 1.60 bits per heavy atom. The Labute approximate surface area is 62.5 Å². The number of nitrogens with two attached hydrogens (primary N) is 1. The molecule has 2 N–H and O–H groups in total. The molecular weight excluding hydrogens is 124 g/mol. The maximum Gasteiger partial charge on any atom is 0.0409 e. The van der Waals surface area contributed by atoms with Crippen molar-refractivity contribution in [2.45, 2.75) is 33.1 Å². The minimum absolute atomic E-state index is 0.671. The molecule has 0 heterocycles. The molecule has 0 bridgehead atoms. The van der Waals surface area contributed by atoms with E-state index in [1.165, 1.54) is 18.6 Å². The highest BCUT2D eigenvalue weighted by atomic mass is 15.1. The fourth-order valence-electron chi connectivity index (χ4n) is 1.73. The first-order chi connectivity index (χ1) is 4.75. The lowest BCUT2D eigenvalue weighted by molar-refractivity contribution is 0.486. The van der Waals surface area contributed by atoms with Gasteiger partial charge in [0.25, 0.3) is 0 Å². The van der Waals surface area contributed by atoms with Crippen LogP contribution >= 0.6 is 0 Å². The molecule has 0 unspecified atom stereocenters. The molecule has 0 aromatic heterocycles. The molecule has 1 fully saturated rings. The zero-order valence-corrected chi connectivity index (χ0v) is 6.80. The largest absolute Gasteiger partial charge is 0.323 e. The molecule has 0 saturated heterocycles. The summed E-state index contributed by atoms with van der Waals surface area (Å²) in [5.41, 5.74) is 1.23. The summed E-state index contributed by atoms with van der Waals surface area (Å²) in [5, 5.41) is 3.81. The van der Waals surface area contributed by atoms with Gasteiger partial charge < -0.3 is 5.84 Å². The molecule has 0 radical (unpaired) electrons. The van der Waals surface area contributed by atoms with Crippen LogP contribution in [0.5, 0.6) is 0 Å². The zero-order valence-electron chi connectivity index (χ0n) is 6.80. The van der Waals surface area contributed by atoms with Crippen LogP contribution in [0.25, 0.3) is 0 Å². The Bertz CT molecular complexity index is 138. The Balaban J connectivity index is 2.59. The molecular formula is C8H16N2. The van der Waals surface area contributed by atoms with E-state index in [1.54, 1.807) is 0 Å². The van der Waals surface area contributed by atoms with Crippen molar-refractivity contribution in [1.29, 1.82) is 0 Å². The molecule has 1 aliphatic rings. The molecule has 2 nitrogen and oxygen atoms in total. The molecule has 0 amide bonds. The molecule has 0 spiro atoms. The van der Waals surface area contributed by atoms with Gasteiger partial charge in [0.15, 0.2) is 0 Å². The first-order valence-electron chi connectivity index (χ1n) is 4.02. The molecule has 0 aromatic rings. The lowest BCUT2D eigenvalue weighted by atomic mass is 9.93. The molecule has 2 heteroatoms. The zero-order chi connectivity index (χ0) is 7.56. The molecule has 0 aromatic carbocycles. The quantitative estimate of drug-likeness (QED) is 0.437. The lowest BCUT2D eigenvalue weighted by Gasteiger charge is -2.13. The Hall–Kier alpha value is -0.530. The van der Waals surface area contributed by atoms with E-state index in [4.69, 9.17) is 5.84 Å². The summed E-state index contributed by atoms with van der Waals surface area (Å²) in [6, 6.07) is 0. The van der Waals surface area contributed by atoms with Crippen LogP contribution in [0, 0.1) is 11.8 Å². The van der Waals surface area contributed by atoms with Gasteiger partial charge in [-0.2, -0.15) is 5.10 Å². The fraction of sp³-hybridized carbons (Fsp3) is 0.875. The smallest absolute Gasteiger partial charge is 0.0409 e. The number of hydrazone groups is 1. The van der Waals surface area contributed by atoms with Crippen LogP contribution in [0.4, 0.5) is 0 Å². The first kappa shape index (κ1) is 7.58. The monoisotopic (exact) mass is 140 g/mol. The van der Waals surface area contributed by atoms with Gasteiger partial charge in [-0.25, -0.2) is 0 Å². The molecule has 1 rings (SSSR count). The number of hydrogen-bond donors (Lipinski definition) is 1. The SMILES string of the molecule is CC(C)[C@H]1CCC/C1=N\N. The standard InChI is InChI=1S/C8H16N2/c1-6(2)7-4-3-5-8(7)10-9/h6-7H,3-5,9H2,1-2H3/b10-8+/t7-/m1/s1. The van der Waals surface area contributed by atoms with Gasteiger partial charge in [-0.05, 0) is 25.2 Å². The third-order valence-electron chi connectivity index (χ3n) is 2.35. The highest BCUT2D eigenvalue weighted by Gasteiger charge is 2.24. The fourth-order valence-corrected chi connectivity index (χ4v) is 1.73. The highest BCUT2D eigenvalue weighted by Crippen LogP contribution is 2.28. The van der Waals surface area contributed by atoms with Crippen molar-refractivity contribution >= 4 is 5.71 Å². The van der Waals surface area contributed by atoms with Crippen LogP contribution < -0.4 is 5.84 Å². The van der Waals surface area contributed by atoms with Gasteiger partial charge >= 0.3 is 0 Å². The van der Waals surface area contributed by atoms with Crippen molar-refractivity contribution in [3.8, 4) is 0 Å². The average Bonchev–Trinajstić information content (AvgIpc) is 2.33. The lowest BCUT2D eigenvalue weighted by Crippen LogP contribution is -2.14. The van der Waals surface area contributed by atoms with Crippen LogP contribution in [0.1, 0.15) is 33.1 Å². The van der Waals surface area contributed by atoms with Crippen LogP contribution in [0.15, 0.2) is 5.10 Å². The average molecular weight is 140 g/mol. The van der Waals surface area contributed by atoms with Gasteiger partial charge in [-0.1, -0.05) is 13.8 Å². The minimum atomic E-state index is 0.671. The van der Waals surface area contributed by atoms with Gasteiger partial charge in [-0.15, -0.1) is 0 Å². The normalized spacial score (nSPS) is 30.3. The topological polar surface area (TPSA) is 38.4 Å². The predicted octanol–water partition coefficient (Wildman–Crippen LogP) is 1.76. The van der Waals surface area contributed by atoms with Crippen molar-refractivity contribution in [3.63, 3.8) is 0 Å². The number of nitrogens with zero attached hydrogens (tertiary/aromatic N) is 1. The second-order valence-corrected chi connectivity index (χ2v) is 3.36. The van der Waals surface area contributed by atoms with Crippen LogP contribution in [-0.2, 0) is 0 Å². The Morgan fingerprint density at radius 3 is 2.70 bits per heavy atom. The molecule has 10 heavy (non-hydrogen) atoms. The van der Waals surface area contributed by atoms with Crippen molar-refractivity contribution in [3.05, 3.63) is 0 Å². The molecule has 1 atom stereocenters. The van der Waals surface area contributed by atoms with Gasteiger partial charge in [0.2, 0.25) is 0 Å². The predicted molar refractivity (Wildman–Crippen MR) is 43.8 cm³/mol. The van der Waals surface area contributed by atoms with E-state index in [-0.39, 0.29) is 0 Å². The number of rotatable bonds is 1. The second-order valence-electron chi connectivity index (χ2n) is 3.36. The first-order valence-corrected chi connectivity index (χ1v) is 4.02. The van der Waals surface area contributed by atoms with E-state index in [2.05, 4.69) is 18.9 Å². The molecule has 1 aliphatic carbocycles. The van der Waals surface area contributed by atoms with Crippen molar-refractivity contribution < 1.29 is 0 Å². The van der Waals surface area contributed by atoms with Crippen LogP contribution in [-0.4, -0.2) is 5.71 Å². The number of hydrogen-bond acceptors (Lipinski definition) is 2. The highest BCUT2D eigenvalue weighted by molar-refractivity contribution is 5.88. The van der Waals surface area contributed by atoms with Gasteiger partial charge in [-0.3, -0.25) is 0 Å². The maximum absolute atomic E-state index is 5.25. The van der Waals surface area contributed by atoms with E-state index in [0.717, 1.165) is 6.42 Å². The summed E-state index contributed by atoms with van der Waals surface area (Å²) >= 11 is 0. The van der Waals surface area contributed by atoms with Crippen molar-refractivity contribution in [1.82, 2.24) is 0 Å². The Kier molecular flexibility index (Phi) is 2.30. The van der Waals surface area contributed by atoms with Gasteiger partial charge in [0, 0.05) is 11.6 Å². The van der Waals surface area contributed by atoms with Crippen molar-refractivity contribution in [2.75, 3.05) is 0 Å². The van der Waals surface area contributed by atoms with E-state index in [9.17, 15) is 0 Å². The minimum Gasteiger partial charge on any atom is -0.323 e. The molecule has 0 aliphatic heterocycles. The summed E-state index contributed by atoms with van der Waals surface area (Å²) in [7, 11) is 0. The van der Waals surface area contributed by atoms with Crippen LogP contribution in [0.3, 0.4) is 0 Å². The summed E-state index contributed by atoms with van der Waals surface area (Å²) in [6.07, 6.45) is 3.69. The van der Waals surface area contributed by atoms with E-state index < -0.39 is 0 Å². The van der Waals surface area contributed by atoms with E-state index in [1.807, 2.05) is 0 Å². The summed E-state index contributed by atoms with van der Waals surface area (Å²) in [6.45, 7) is 4.47. The summed E-state index contributed by atoms with van der Waals surface area (Å²) in [5.74, 6) is 6.63.